The van der Waals surface area contributed by atoms with E-state index in [1.54, 1.807) is 0 Å². The van der Waals surface area contributed by atoms with Gasteiger partial charge in [0.25, 0.3) is 0 Å². The van der Waals surface area contributed by atoms with Crippen molar-refractivity contribution < 1.29 is 9.53 Å². The second-order valence-electron chi connectivity index (χ2n) is 5.33. The Balaban J connectivity index is 2.02. The van der Waals surface area contributed by atoms with Crippen molar-refractivity contribution in [1.29, 1.82) is 0 Å². The molecule has 0 heterocycles. The fourth-order valence-corrected chi connectivity index (χ4v) is 1.94. The number of rotatable bonds is 1. The molecular weight excluding hydrogens is 228 g/mol. The minimum Gasteiger partial charge on any atom is -0.443 e. The number of hydrazone groups is 1. The van der Waals surface area contributed by atoms with Crippen LogP contribution in [0.1, 0.15) is 38.3 Å². The largest absolute Gasteiger partial charge is 0.443 e. The van der Waals surface area contributed by atoms with Crippen LogP contribution in [0.25, 0.3) is 0 Å². The van der Waals surface area contributed by atoms with Gasteiger partial charge >= 0.3 is 6.09 Å². The van der Waals surface area contributed by atoms with Gasteiger partial charge in [0.1, 0.15) is 5.60 Å². The van der Waals surface area contributed by atoms with Gasteiger partial charge in [-0.2, -0.15) is 5.10 Å². The van der Waals surface area contributed by atoms with E-state index < -0.39 is 11.7 Å². The molecule has 2 rings (SSSR count). The van der Waals surface area contributed by atoms with Crippen LogP contribution in [0.2, 0.25) is 0 Å². The van der Waals surface area contributed by atoms with Crippen molar-refractivity contribution in [2.24, 2.45) is 5.10 Å². The van der Waals surface area contributed by atoms with E-state index in [0.29, 0.717) is 0 Å². The van der Waals surface area contributed by atoms with Crippen LogP contribution < -0.4 is 5.43 Å². The summed E-state index contributed by atoms with van der Waals surface area (Å²) in [7, 11) is 0. The van der Waals surface area contributed by atoms with Gasteiger partial charge in [-0.15, -0.1) is 0 Å². The molecule has 1 aliphatic rings. The highest BCUT2D eigenvalue weighted by atomic mass is 16.6. The molecule has 4 nitrogen and oxygen atoms in total. The van der Waals surface area contributed by atoms with Gasteiger partial charge in [-0.05, 0) is 39.2 Å². The zero-order valence-corrected chi connectivity index (χ0v) is 11.0. The molecule has 1 N–H and O–H groups in total. The minimum atomic E-state index is -0.514. The van der Waals surface area contributed by atoms with Crippen LogP contribution in [-0.2, 0) is 11.2 Å². The number of benzene rings is 1. The summed E-state index contributed by atoms with van der Waals surface area (Å²) in [4.78, 5) is 11.5. The van der Waals surface area contributed by atoms with E-state index in [0.717, 1.165) is 24.1 Å². The van der Waals surface area contributed by atoms with E-state index in [-0.39, 0.29) is 0 Å². The lowest BCUT2D eigenvalue weighted by Crippen LogP contribution is -2.30. The molecule has 0 bridgehead atoms. The number of nitrogens with zero attached hydrogens (tertiary/aromatic N) is 1. The van der Waals surface area contributed by atoms with Gasteiger partial charge < -0.3 is 4.74 Å². The van der Waals surface area contributed by atoms with Crippen LogP contribution in [-0.4, -0.2) is 17.4 Å². The van der Waals surface area contributed by atoms with Gasteiger partial charge in [-0.25, -0.2) is 10.2 Å². The Bertz CT molecular complexity index is 487. The maximum atomic E-state index is 11.5. The number of carbonyl (C=O) groups is 1. The summed E-state index contributed by atoms with van der Waals surface area (Å²) >= 11 is 0. The number of aryl methyl sites for hydroxylation is 1. The normalized spacial score (nSPS) is 16.5. The van der Waals surface area contributed by atoms with Crippen molar-refractivity contribution >= 4 is 11.8 Å². The topological polar surface area (TPSA) is 50.7 Å². The Morgan fingerprint density at radius 1 is 1.28 bits per heavy atom. The van der Waals surface area contributed by atoms with Crippen molar-refractivity contribution in [3.63, 3.8) is 0 Å². The summed E-state index contributed by atoms with van der Waals surface area (Å²) in [5.74, 6) is 0. The Kier molecular flexibility index (Phi) is 3.36. The number of carbonyl (C=O) groups excluding carboxylic acids is 1. The zero-order chi connectivity index (χ0) is 13.2. The van der Waals surface area contributed by atoms with E-state index in [9.17, 15) is 4.79 Å². The minimum absolute atomic E-state index is 0.502. The third-order valence-corrected chi connectivity index (χ3v) is 2.64. The number of nitrogens with one attached hydrogen (secondary N) is 1. The maximum absolute atomic E-state index is 11.5. The van der Waals surface area contributed by atoms with Gasteiger partial charge in [0, 0.05) is 5.56 Å². The predicted octanol–water partition coefficient (Wildman–Crippen LogP) is 2.86. The maximum Gasteiger partial charge on any atom is 0.428 e. The lowest BCUT2D eigenvalue weighted by Gasteiger charge is -2.18. The summed E-state index contributed by atoms with van der Waals surface area (Å²) in [5.41, 5.74) is 5.26. The third kappa shape index (κ3) is 3.09. The van der Waals surface area contributed by atoms with Gasteiger partial charge in [0.15, 0.2) is 0 Å². The van der Waals surface area contributed by atoms with E-state index in [1.807, 2.05) is 39.0 Å². The molecule has 0 saturated heterocycles. The number of hydrogen-bond donors (Lipinski definition) is 1. The zero-order valence-electron chi connectivity index (χ0n) is 11.0. The first-order valence-electron chi connectivity index (χ1n) is 6.09. The van der Waals surface area contributed by atoms with E-state index in [4.69, 9.17) is 4.74 Å². The molecule has 0 radical (unpaired) electrons. The molecule has 18 heavy (non-hydrogen) atoms. The molecule has 0 saturated carbocycles. The van der Waals surface area contributed by atoms with E-state index in [2.05, 4.69) is 16.6 Å². The summed E-state index contributed by atoms with van der Waals surface area (Å²) < 4.78 is 5.13. The molecule has 96 valence electrons. The molecule has 4 heteroatoms. The molecule has 0 unspecified atom stereocenters. The monoisotopic (exact) mass is 246 g/mol. The molecule has 0 aliphatic heterocycles. The van der Waals surface area contributed by atoms with Crippen molar-refractivity contribution in [2.45, 2.75) is 39.2 Å². The van der Waals surface area contributed by atoms with Crippen LogP contribution in [0.3, 0.4) is 0 Å². The van der Waals surface area contributed by atoms with Crippen molar-refractivity contribution in [1.82, 2.24) is 5.43 Å². The van der Waals surface area contributed by atoms with Crippen LogP contribution >= 0.6 is 0 Å². The van der Waals surface area contributed by atoms with Crippen molar-refractivity contribution in [3.05, 3.63) is 35.4 Å². The first kappa shape index (κ1) is 12.6. The predicted molar refractivity (Wildman–Crippen MR) is 70.7 cm³/mol. The molecule has 0 fully saturated rings. The van der Waals surface area contributed by atoms with Crippen molar-refractivity contribution in [2.75, 3.05) is 0 Å². The molecule has 1 amide bonds. The second kappa shape index (κ2) is 4.80. The first-order valence-corrected chi connectivity index (χ1v) is 6.09. The van der Waals surface area contributed by atoms with Gasteiger partial charge in [0.2, 0.25) is 0 Å². The summed E-state index contributed by atoms with van der Waals surface area (Å²) in [6.45, 7) is 5.47. The number of amides is 1. The fourth-order valence-electron chi connectivity index (χ4n) is 1.94. The highest BCUT2D eigenvalue weighted by Gasteiger charge is 2.19. The average molecular weight is 246 g/mol. The van der Waals surface area contributed by atoms with Gasteiger partial charge in [0.05, 0.1) is 5.71 Å². The third-order valence-electron chi connectivity index (χ3n) is 2.64. The highest BCUT2D eigenvalue weighted by molar-refractivity contribution is 6.04. The van der Waals surface area contributed by atoms with Gasteiger partial charge in [-0.3, -0.25) is 0 Å². The SMILES string of the molecule is CC(C)(C)OC(=O)N/N=C1/CCc2ccccc21. The number of fused-ring (bicyclic) bond motifs is 1. The lowest BCUT2D eigenvalue weighted by molar-refractivity contribution is 0.0529. The van der Waals surface area contributed by atoms with Crippen LogP contribution in [0.5, 0.6) is 0 Å². The van der Waals surface area contributed by atoms with E-state index >= 15 is 0 Å². The molecule has 0 spiro atoms. The lowest BCUT2D eigenvalue weighted by atomic mass is 10.1. The van der Waals surface area contributed by atoms with Crippen LogP contribution in [0, 0.1) is 0 Å². The fraction of sp³-hybridized carbons (Fsp3) is 0.429. The number of ether oxygens (including phenoxy) is 1. The Morgan fingerprint density at radius 3 is 2.72 bits per heavy atom. The second-order valence-corrected chi connectivity index (χ2v) is 5.33. The molecule has 1 aliphatic carbocycles. The summed E-state index contributed by atoms with van der Waals surface area (Å²) in [6.07, 6.45) is 1.32. The summed E-state index contributed by atoms with van der Waals surface area (Å²) in [6, 6.07) is 8.11. The van der Waals surface area contributed by atoms with Crippen LogP contribution in [0.4, 0.5) is 4.79 Å². The Morgan fingerprint density at radius 2 is 2.00 bits per heavy atom. The standard InChI is InChI=1S/C14H18N2O2/c1-14(2,3)18-13(17)16-15-12-9-8-10-6-4-5-7-11(10)12/h4-7H,8-9H2,1-3H3,(H,16,17)/b15-12-. The molecule has 0 aromatic heterocycles. The van der Waals surface area contributed by atoms with Crippen molar-refractivity contribution in [3.8, 4) is 0 Å². The first-order chi connectivity index (χ1) is 8.46. The quantitative estimate of drug-likeness (QED) is 0.775. The molecule has 0 atom stereocenters. The van der Waals surface area contributed by atoms with Crippen LogP contribution in [0.15, 0.2) is 29.4 Å². The Labute approximate surface area is 107 Å². The number of hydrogen-bond acceptors (Lipinski definition) is 3. The van der Waals surface area contributed by atoms with E-state index in [1.165, 1.54) is 5.56 Å². The average Bonchev–Trinajstić information content (AvgIpc) is 2.67. The Hall–Kier alpha value is -1.84. The van der Waals surface area contributed by atoms with Gasteiger partial charge in [-0.1, -0.05) is 24.3 Å². The summed E-state index contributed by atoms with van der Waals surface area (Å²) in [5, 5.41) is 4.14. The molecule has 1 aromatic rings. The smallest absolute Gasteiger partial charge is 0.428 e. The highest BCUT2D eigenvalue weighted by Crippen LogP contribution is 2.21. The molecule has 1 aromatic carbocycles. The molecular formula is C14H18N2O2.